The summed E-state index contributed by atoms with van der Waals surface area (Å²) < 4.78 is 8.44. The van der Waals surface area contributed by atoms with E-state index >= 15 is 0 Å². The molecule has 4 amide bonds. The van der Waals surface area contributed by atoms with Crippen LogP contribution in [0.15, 0.2) is 60.8 Å². The molecule has 2 N–H and O–H groups in total. The summed E-state index contributed by atoms with van der Waals surface area (Å²) in [6, 6.07) is 19.1. The summed E-state index contributed by atoms with van der Waals surface area (Å²) in [4.78, 5) is 43.8. The van der Waals surface area contributed by atoms with Crippen molar-refractivity contribution < 1.29 is 19.1 Å². The van der Waals surface area contributed by atoms with E-state index in [1.54, 1.807) is 29.2 Å². The first-order valence-corrected chi connectivity index (χ1v) is 19.4. The highest BCUT2D eigenvalue weighted by molar-refractivity contribution is 6.31. The number of nitrogens with zero attached hydrogens (tertiary/aromatic N) is 7. The lowest BCUT2D eigenvalue weighted by Gasteiger charge is -2.34. The molecule has 280 valence electrons. The molecule has 3 saturated heterocycles. The number of ether oxygens (including phenoxy) is 1. The smallest absolute Gasteiger partial charge is 0.328 e. The zero-order valence-corrected chi connectivity index (χ0v) is 30.9. The maximum atomic E-state index is 13.0. The van der Waals surface area contributed by atoms with Crippen molar-refractivity contribution >= 4 is 51.9 Å². The molecule has 13 nitrogen and oxygen atoms in total. The van der Waals surface area contributed by atoms with Gasteiger partial charge in [-0.2, -0.15) is 5.26 Å². The Morgan fingerprint density at radius 2 is 1.80 bits per heavy atom. The Kier molecular flexibility index (Phi) is 10.4. The van der Waals surface area contributed by atoms with Gasteiger partial charge in [0.15, 0.2) is 11.5 Å². The summed E-state index contributed by atoms with van der Waals surface area (Å²) in [5.74, 6) is 1.63. The quantitative estimate of drug-likeness (QED) is 0.220. The first-order chi connectivity index (χ1) is 26.3. The normalized spacial score (nSPS) is 22.6. The number of urea groups is 1. The Morgan fingerprint density at radius 3 is 2.54 bits per heavy atom. The van der Waals surface area contributed by atoms with E-state index in [1.165, 1.54) is 0 Å². The van der Waals surface area contributed by atoms with Crippen molar-refractivity contribution in [3.63, 3.8) is 0 Å². The molecule has 0 bridgehead atoms. The van der Waals surface area contributed by atoms with Gasteiger partial charge in [-0.05, 0) is 93.3 Å². The molecular formula is C40H44ClN9O4. The second-order valence-corrected chi connectivity index (χ2v) is 15.3. The number of nitriles is 1. The number of hydrogen-bond acceptors (Lipinski definition) is 9. The Labute approximate surface area is 319 Å². The third-order valence-electron chi connectivity index (χ3n) is 11.4. The van der Waals surface area contributed by atoms with Gasteiger partial charge < -0.3 is 24.4 Å². The Hall–Kier alpha value is -5.19. The maximum absolute atomic E-state index is 13.0. The molecule has 4 aliphatic rings. The molecule has 8 rings (SSSR count). The predicted octanol–water partition coefficient (Wildman–Crippen LogP) is 5.69. The molecule has 0 spiro atoms. The van der Waals surface area contributed by atoms with Gasteiger partial charge in [0.05, 0.1) is 27.9 Å². The molecule has 2 aromatic carbocycles. The van der Waals surface area contributed by atoms with Gasteiger partial charge in [-0.15, -0.1) is 10.2 Å². The lowest BCUT2D eigenvalue weighted by Crippen LogP contribution is -2.49. The number of aromatic nitrogens is 3. The lowest BCUT2D eigenvalue weighted by atomic mass is 9.93. The van der Waals surface area contributed by atoms with Gasteiger partial charge in [-0.3, -0.25) is 19.8 Å². The van der Waals surface area contributed by atoms with Gasteiger partial charge in [-0.25, -0.2) is 4.79 Å². The third kappa shape index (κ3) is 7.72. The van der Waals surface area contributed by atoms with E-state index in [0.29, 0.717) is 47.0 Å². The van der Waals surface area contributed by atoms with Crippen molar-refractivity contribution in [1.82, 2.24) is 30.3 Å². The fraction of sp³-hybridized carbons (Fsp3) is 0.450. The highest BCUT2D eigenvalue weighted by Gasteiger charge is 2.31. The average Bonchev–Trinajstić information content (AvgIpc) is 3.83. The van der Waals surface area contributed by atoms with Crippen LogP contribution < -0.4 is 25.2 Å². The monoisotopic (exact) mass is 749 g/mol. The molecule has 14 heteroatoms. The number of halogens is 1. The summed E-state index contributed by atoms with van der Waals surface area (Å²) in [7, 11) is 0. The van der Waals surface area contributed by atoms with Crippen LogP contribution in [-0.2, 0) is 4.79 Å². The summed E-state index contributed by atoms with van der Waals surface area (Å²) >= 11 is 6.15. The number of amides is 4. The Bertz CT molecular complexity index is 2070. The second-order valence-electron chi connectivity index (χ2n) is 14.9. The molecule has 3 aliphatic heterocycles. The van der Waals surface area contributed by atoms with Crippen LogP contribution in [-0.4, -0.2) is 88.9 Å². The fourth-order valence-electron chi connectivity index (χ4n) is 8.49. The van der Waals surface area contributed by atoms with Crippen LogP contribution in [0.5, 0.6) is 5.75 Å². The molecule has 1 aliphatic carbocycles. The highest BCUT2D eigenvalue weighted by atomic mass is 35.5. The van der Waals surface area contributed by atoms with Crippen LogP contribution in [0.1, 0.15) is 73.5 Å². The van der Waals surface area contributed by atoms with E-state index in [4.69, 9.17) is 21.6 Å². The van der Waals surface area contributed by atoms with Gasteiger partial charge in [0, 0.05) is 75.4 Å². The van der Waals surface area contributed by atoms with Crippen LogP contribution in [0.25, 0.3) is 10.9 Å². The topological polar surface area (TPSA) is 149 Å². The van der Waals surface area contributed by atoms with Crippen molar-refractivity contribution in [2.75, 3.05) is 49.1 Å². The molecule has 2 aromatic heterocycles. The van der Waals surface area contributed by atoms with E-state index in [9.17, 15) is 14.4 Å². The molecule has 0 radical (unpaired) electrons. The first-order valence-electron chi connectivity index (χ1n) is 19.0. The third-order valence-corrected chi connectivity index (χ3v) is 11.7. The molecule has 1 atom stereocenters. The van der Waals surface area contributed by atoms with Gasteiger partial charge in [0.1, 0.15) is 11.8 Å². The number of carbonyl (C=O) groups is 3. The number of likely N-dealkylation sites (tertiary alicyclic amines) is 1. The van der Waals surface area contributed by atoms with Crippen LogP contribution >= 0.6 is 11.6 Å². The van der Waals surface area contributed by atoms with Gasteiger partial charge in [-0.1, -0.05) is 17.7 Å². The Morgan fingerprint density at radius 1 is 0.963 bits per heavy atom. The van der Waals surface area contributed by atoms with Gasteiger partial charge >= 0.3 is 6.03 Å². The zero-order valence-electron chi connectivity index (χ0n) is 30.1. The number of carbonyl (C=O) groups excluding carboxylic acids is 3. The summed E-state index contributed by atoms with van der Waals surface area (Å²) in [5, 5.41) is 24.8. The molecule has 5 heterocycles. The van der Waals surface area contributed by atoms with Crippen molar-refractivity contribution in [3.8, 4) is 11.8 Å². The molecule has 54 heavy (non-hydrogen) atoms. The SMILES string of the molecule is N#Cc1ccc(OC2CCC(NC(=O)c3ccc(N4CCC(CN5CC[C@H](n6ccc7c(N8CCC(=O)NC8=O)cccc76)C5)CC4)nn3)CC2)cc1Cl. The number of benzene rings is 2. The lowest BCUT2D eigenvalue weighted by molar-refractivity contribution is -0.120. The van der Waals surface area contributed by atoms with Crippen molar-refractivity contribution in [3.05, 3.63) is 77.1 Å². The maximum Gasteiger partial charge on any atom is 0.328 e. The fourth-order valence-corrected chi connectivity index (χ4v) is 8.70. The van der Waals surface area contributed by atoms with Crippen LogP contribution in [0, 0.1) is 17.2 Å². The van der Waals surface area contributed by atoms with Gasteiger partial charge in [0.2, 0.25) is 5.91 Å². The second kappa shape index (κ2) is 15.7. The minimum Gasteiger partial charge on any atom is -0.490 e. The highest BCUT2D eigenvalue weighted by Crippen LogP contribution is 2.34. The van der Waals surface area contributed by atoms with Crippen molar-refractivity contribution in [2.24, 2.45) is 5.92 Å². The molecule has 4 aromatic rings. The largest absolute Gasteiger partial charge is 0.490 e. The van der Waals surface area contributed by atoms with E-state index in [1.807, 2.05) is 18.2 Å². The number of piperidine rings is 1. The molecule has 0 unspecified atom stereocenters. The average molecular weight is 750 g/mol. The van der Waals surface area contributed by atoms with E-state index in [2.05, 4.69) is 59.6 Å². The summed E-state index contributed by atoms with van der Waals surface area (Å²) in [6.07, 6.45) is 8.91. The zero-order chi connectivity index (χ0) is 37.2. The minimum atomic E-state index is -0.359. The first kappa shape index (κ1) is 35.8. The predicted molar refractivity (Wildman–Crippen MR) is 205 cm³/mol. The van der Waals surface area contributed by atoms with Crippen LogP contribution in [0.4, 0.5) is 16.3 Å². The number of imide groups is 1. The van der Waals surface area contributed by atoms with E-state index in [-0.39, 0.29) is 30.0 Å². The molecule has 1 saturated carbocycles. The van der Waals surface area contributed by atoms with Crippen molar-refractivity contribution in [2.45, 2.75) is 69.6 Å². The van der Waals surface area contributed by atoms with Crippen LogP contribution in [0.3, 0.4) is 0 Å². The number of fused-ring (bicyclic) bond motifs is 1. The number of anilines is 2. The van der Waals surface area contributed by atoms with E-state index in [0.717, 1.165) is 100 Å². The number of rotatable bonds is 9. The van der Waals surface area contributed by atoms with Crippen LogP contribution in [0.2, 0.25) is 5.02 Å². The Balaban J connectivity index is 0.777. The van der Waals surface area contributed by atoms with E-state index < -0.39 is 0 Å². The number of hydrogen-bond donors (Lipinski definition) is 2. The van der Waals surface area contributed by atoms with Crippen molar-refractivity contribution in [1.29, 1.82) is 5.26 Å². The summed E-state index contributed by atoms with van der Waals surface area (Å²) in [5.41, 5.74) is 2.70. The molecule has 4 fully saturated rings. The standard InChI is InChI=1S/C40H44ClN9O4/c41-33-22-31(7-4-27(33)23-42)54-30-8-5-28(6-9-30)43-39(52)34-10-11-37(46-45-34)48-18-12-26(13-19-48)24-47-17-14-29(25-47)49-20-15-32-35(49)2-1-3-36(32)50-21-16-38(51)44-40(50)53/h1-4,7,10-11,15,20,22,26,28-30H,5-6,8-9,12-14,16-19,21,24-25H2,(H,43,52)(H,44,51,53)/t28?,29-,30?/m0/s1. The summed E-state index contributed by atoms with van der Waals surface area (Å²) in [6.45, 7) is 5.31. The molecular weight excluding hydrogens is 706 g/mol. The number of nitrogens with one attached hydrogen (secondary N) is 2. The van der Waals surface area contributed by atoms with Gasteiger partial charge in [0.25, 0.3) is 5.91 Å². The minimum absolute atomic E-state index is 0.0330.